The minimum absolute atomic E-state index is 0.0111. The Hall–Kier alpha value is -3.98. The number of H-pyrrole nitrogens is 1. The Morgan fingerprint density at radius 3 is 1.94 bits per heavy atom. The molecular weight excluding hydrogens is 432 g/mol. The van der Waals surface area contributed by atoms with Gasteiger partial charge in [0.1, 0.15) is 0 Å². The van der Waals surface area contributed by atoms with Crippen molar-refractivity contribution in [3.63, 3.8) is 0 Å². The number of carboxylic acid groups (broad SMARTS) is 2. The zero-order valence-electron chi connectivity index (χ0n) is 17.2. The third-order valence-electron chi connectivity index (χ3n) is 4.80. The zero-order chi connectivity index (χ0) is 23.5. The number of imidazole rings is 1. The van der Waals surface area contributed by atoms with Crippen LogP contribution >= 0.6 is 0 Å². The molecule has 4 rings (SSSR count). The largest absolute Gasteiger partial charge is 0.478 e. The molecule has 4 aromatic rings. The molecule has 164 valence electrons. The minimum atomic E-state index is -3.60. The molecule has 0 aliphatic rings. The van der Waals surface area contributed by atoms with Crippen LogP contribution in [0.2, 0.25) is 0 Å². The lowest BCUT2D eigenvalue weighted by Crippen LogP contribution is -2.06. The predicted molar refractivity (Wildman–Crippen MR) is 118 cm³/mol. The smallest absolute Gasteiger partial charge is 0.335 e. The van der Waals surface area contributed by atoms with Crippen LogP contribution in [0.5, 0.6) is 0 Å². The van der Waals surface area contributed by atoms with Crippen molar-refractivity contribution in [3.05, 3.63) is 89.0 Å². The maximum atomic E-state index is 12.5. The summed E-state index contributed by atoms with van der Waals surface area (Å²) in [5, 5.41) is 17.3. The number of aryl methyl sites for hydroxylation is 1. The molecule has 9 heteroatoms. The average molecular weight is 452 g/mol. The van der Waals surface area contributed by atoms with E-state index < -0.39 is 21.8 Å². The van der Waals surface area contributed by atoms with Crippen molar-refractivity contribution in [2.24, 2.45) is 0 Å². The first-order chi connectivity index (χ1) is 15.1. The van der Waals surface area contributed by atoms with E-state index >= 15 is 0 Å². The second-order valence-corrected chi connectivity index (χ2v) is 8.75. The van der Waals surface area contributed by atoms with Crippen molar-refractivity contribution in [3.8, 4) is 0 Å². The van der Waals surface area contributed by atoms with Gasteiger partial charge in [0, 0.05) is 0 Å². The zero-order valence-corrected chi connectivity index (χ0v) is 18.1. The van der Waals surface area contributed by atoms with E-state index in [9.17, 15) is 18.0 Å². The van der Waals surface area contributed by atoms with E-state index in [0.717, 1.165) is 5.52 Å². The molecule has 32 heavy (non-hydrogen) atoms. The van der Waals surface area contributed by atoms with E-state index in [-0.39, 0.29) is 26.7 Å². The summed E-state index contributed by atoms with van der Waals surface area (Å²) in [6.07, 6.45) is 0. The molecule has 0 aliphatic carbocycles. The fraction of sp³-hybridized carbons (Fsp3) is 0.0870. The van der Waals surface area contributed by atoms with E-state index in [1.54, 1.807) is 37.3 Å². The molecule has 0 aliphatic heterocycles. The number of hydrogen-bond acceptors (Lipinski definition) is 5. The van der Waals surface area contributed by atoms with Crippen molar-refractivity contribution in [2.45, 2.75) is 23.9 Å². The maximum absolute atomic E-state index is 12.5. The Morgan fingerprint density at radius 1 is 0.812 bits per heavy atom. The van der Waals surface area contributed by atoms with Crippen LogP contribution in [0.1, 0.15) is 31.8 Å². The number of para-hydroxylation sites is 2. The average Bonchev–Trinajstić information content (AvgIpc) is 3.19. The maximum Gasteiger partial charge on any atom is 0.335 e. The summed E-state index contributed by atoms with van der Waals surface area (Å²) in [7, 11) is -3.60. The Kier molecular flexibility index (Phi) is 6.40. The van der Waals surface area contributed by atoms with Gasteiger partial charge >= 0.3 is 11.9 Å². The Morgan fingerprint density at radius 2 is 1.38 bits per heavy atom. The third-order valence-corrected chi connectivity index (χ3v) is 6.54. The van der Waals surface area contributed by atoms with Gasteiger partial charge in [-0.05, 0) is 55.3 Å². The number of aromatic nitrogens is 2. The summed E-state index contributed by atoms with van der Waals surface area (Å²) in [5.41, 5.74) is 2.41. The summed E-state index contributed by atoms with van der Waals surface area (Å²) < 4.78 is 25.1. The first-order valence-electron chi connectivity index (χ1n) is 9.44. The minimum Gasteiger partial charge on any atom is -0.478 e. The molecule has 1 heterocycles. The predicted octanol–water partition coefficient (Wildman–Crippen LogP) is 4.10. The molecule has 8 nitrogen and oxygen atoms in total. The Labute approximate surface area is 184 Å². The first-order valence-corrected chi connectivity index (χ1v) is 10.9. The van der Waals surface area contributed by atoms with Crippen LogP contribution in [0.4, 0.5) is 0 Å². The van der Waals surface area contributed by atoms with Crippen LogP contribution in [0, 0.1) is 13.8 Å². The molecule has 0 fully saturated rings. The lowest BCUT2D eigenvalue weighted by molar-refractivity contribution is 0.0696. The Bertz CT molecular complexity index is 1360. The molecule has 0 saturated heterocycles. The molecule has 0 unspecified atom stereocenters. The van der Waals surface area contributed by atoms with Gasteiger partial charge in [0.15, 0.2) is 0 Å². The highest BCUT2D eigenvalue weighted by atomic mass is 32.2. The van der Waals surface area contributed by atoms with E-state index in [2.05, 4.69) is 9.97 Å². The molecule has 0 amide bonds. The van der Waals surface area contributed by atoms with Crippen LogP contribution in [0.3, 0.4) is 0 Å². The molecule has 0 radical (unpaired) electrons. The van der Waals surface area contributed by atoms with E-state index in [1.165, 1.54) is 25.1 Å². The number of aromatic amines is 1. The summed E-state index contributed by atoms with van der Waals surface area (Å²) >= 11 is 0. The second kappa shape index (κ2) is 9.03. The Balaban J connectivity index is 0.000000195. The number of nitrogens with zero attached hydrogens (tertiary/aromatic N) is 1. The number of benzene rings is 3. The highest BCUT2D eigenvalue weighted by molar-refractivity contribution is 7.91. The highest BCUT2D eigenvalue weighted by Crippen LogP contribution is 2.23. The van der Waals surface area contributed by atoms with Crippen molar-refractivity contribution in [2.75, 3.05) is 0 Å². The topological polar surface area (TPSA) is 137 Å². The summed E-state index contributed by atoms with van der Waals surface area (Å²) in [6, 6.07) is 18.3. The first kappa shape index (κ1) is 22.7. The molecule has 0 spiro atoms. The SMILES string of the molecule is Cc1c(C(=O)O)cccc1C(=O)O.Cc1ccccc1S(=O)(=O)c1nc2ccccc2[nH]1. The summed E-state index contributed by atoms with van der Waals surface area (Å²) in [4.78, 5) is 28.5. The lowest BCUT2D eigenvalue weighted by atomic mass is 10.0. The summed E-state index contributed by atoms with van der Waals surface area (Å²) in [5.74, 6) is -2.22. The second-order valence-electron chi connectivity index (χ2n) is 6.92. The fourth-order valence-corrected chi connectivity index (χ4v) is 4.54. The number of fused-ring (bicyclic) bond motifs is 1. The van der Waals surface area contributed by atoms with Crippen LogP contribution in [-0.2, 0) is 9.84 Å². The van der Waals surface area contributed by atoms with E-state index in [1.807, 2.05) is 18.2 Å². The van der Waals surface area contributed by atoms with Gasteiger partial charge in [0.25, 0.3) is 0 Å². The number of rotatable bonds is 4. The van der Waals surface area contributed by atoms with Crippen LogP contribution < -0.4 is 0 Å². The molecular formula is C23H20N2O6S. The molecule has 3 N–H and O–H groups in total. The van der Waals surface area contributed by atoms with Crippen molar-refractivity contribution < 1.29 is 28.2 Å². The number of sulfone groups is 1. The van der Waals surface area contributed by atoms with Crippen LogP contribution in [0.25, 0.3) is 11.0 Å². The fourth-order valence-electron chi connectivity index (χ4n) is 3.12. The highest BCUT2D eigenvalue weighted by Gasteiger charge is 2.23. The van der Waals surface area contributed by atoms with Crippen LogP contribution in [0.15, 0.2) is 76.8 Å². The number of hydrogen-bond donors (Lipinski definition) is 3. The lowest BCUT2D eigenvalue weighted by Gasteiger charge is -2.04. The van der Waals surface area contributed by atoms with E-state index in [0.29, 0.717) is 11.1 Å². The van der Waals surface area contributed by atoms with Gasteiger partial charge in [0.2, 0.25) is 15.0 Å². The van der Waals surface area contributed by atoms with Crippen LogP contribution in [-0.4, -0.2) is 40.5 Å². The van der Waals surface area contributed by atoms with Gasteiger partial charge < -0.3 is 15.2 Å². The van der Waals surface area contributed by atoms with Gasteiger partial charge in [-0.3, -0.25) is 0 Å². The van der Waals surface area contributed by atoms with Crippen molar-refractivity contribution >= 4 is 32.8 Å². The standard InChI is InChI=1S/C14H12N2O2S.C9H8O4/c1-10-6-2-5-9-13(10)19(17,18)14-15-11-7-3-4-8-12(11)16-14;1-5-6(8(10)11)3-2-4-7(5)9(12)13/h2-9H,1H3,(H,15,16);2-4H,1H3,(H,10,11)(H,12,13). The van der Waals surface area contributed by atoms with Crippen molar-refractivity contribution in [1.82, 2.24) is 9.97 Å². The molecule has 3 aromatic carbocycles. The van der Waals surface area contributed by atoms with Gasteiger partial charge in [0.05, 0.1) is 27.1 Å². The number of aromatic carboxylic acids is 2. The van der Waals surface area contributed by atoms with Gasteiger partial charge in [-0.25, -0.2) is 23.0 Å². The number of carbonyl (C=O) groups is 2. The third kappa shape index (κ3) is 4.52. The van der Waals surface area contributed by atoms with Crippen molar-refractivity contribution in [1.29, 1.82) is 0 Å². The van der Waals surface area contributed by atoms with Gasteiger partial charge in [-0.2, -0.15) is 0 Å². The van der Waals surface area contributed by atoms with Gasteiger partial charge in [-0.15, -0.1) is 0 Å². The quantitative estimate of drug-likeness (QED) is 0.424. The molecule has 0 atom stereocenters. The molecule has 1 aromatic heterocycles. The number of carboxylic acids is 2. The molecule has 0 bridgehead atoms. The number of nitrogens with one attached hydrogen (secondary N) is 1. The van der Waals surface area contributed by atoms with Gasteiger partial charge in [-0.1, -0.05) is 36.4 Å². The normalized spacial score (nSPS) is 10.9. The summed E-state index contributed by atoms with van der Waals surface area (Å²) in [6.45, 7) is 3.25. The monoisotopic (exact) mass is 452 g/mol. The van der Waals surface area contributed by atoms with E-state index in [4.69, 9.17) is 10.2 Å². The molecule has 0 saturated carbocycles.